The van der Waals surface area contributed by atoms with Crippen LogP contribution in [0, 0.1) is 28.6 Å². The molecule has 4 rings (SSSR count). The summed E-state index contributed by atoms with van der Waals surface area (Å²) in [5.74, 6) is 0.285. The van der Waals surface area contributed by atoms with E-state index in [-0.39, 0.29) is 29.0 Å². The highest BCUT2D eigenvalue weighted by atomic mass is 32.2. The Kier molecular flexibility index (Phi) is 4.99. The summed E-state index contributed by atoms with van der Waals surface area (Å²) in [5, 5.41) is 21.5. The maximum absolute atomic E-state index is 12.4. The lowest BCUT2D eigenvalue weighted by atomic mass is 9.45. The molecule has 3 fully saturated rings. The average Bonchev–Trinajstić information content (AvgIpc) is 2.93. The Morgan fingerprint density at radius 3 is 2.71 bits per heavy atom. The van der Waals surface area contributed by atoms with Gasteiger partial charge in [0, 0.05) is 11.8 Å². The van der Waals surface area contributed by atoms with E-state index in [4.69, 9.17) is 4.74 Å². The second-order valence-corrected chi connectivity index (χ2v) is 10.6. The summed E-state index contributed by atoms with van der Waals surface area (Å²) in [7, 11) is 0. The number of fused-ring (bicyclic) bond motifs is 5. The van der Waals surface area contributed by atoms with Gasteiger partial charge < -0.3 is 14.9 Å². The third kappa shape index (κ3) is 2.60. The van der Waals surface area contributed by atoms with E-state index >= 15 is 0 Å². The Morgan fingerprint density at radius 2 is 2.04 bits per heavy atom. The molecule has 28 heavy (non-hydrogen) atoms. The van der Waals surface area contributed by atoms with Crippen LogP contribution in [0.5, 0.6) is 0 Å². The first-order valence-electron chi connectivity index (χ1n) is 10.5. The highest BCUT2D eigenvalue weighted by molar-refractivity contribution is 7.98. The molecule has 0 aliphatic heterocycles. The van der Waals surface area contributed by atoms with Gasteiger partial charge in [0.25, 0.3) is 0 Å². The maximum atomic E-state index is 12.4. The van der Waals surface area contributed by atoms with Gasteiger partial charge in [0.15, 0.2) is 11.4 Å². The number of allylic oxidation sites excluding steroid dienone is 1. The molecule has 0 bridgehead atoms. The monoisotopic (exact) mass is 408 g/mol. The van der Waals surface area contributed by atoms with Crippen LogP contribution in [0.3, 0.4) is 0 Å². The lowest BCUT2D eigenvalue weighted by molar-refractivity contribution is -0.203. The van der Waals surface area contributed by atoms with Crippen LogP contribution in [-0.4, -0.2) is 45.9 Å². The molecular weight excluding hydrogens is 376 g/mol. The Morgan fingerprint density at radius 1 is 1.29 bits per heavy atom. The SMILES string of the molecule is CSCO[C@]1(C(=O)O)CC[C@H]2[C@@H]3CCC4=CC(=O)CC[C@]4(C)[C@H]3[C@@H](O)C[C@@]21C. The second kappa shape index (κ2) is 6.85. The van der Waals surface area contributed by atoms with Gasteiger partial charge in [-0.05, 0) is 74.0 Å². The number of hydrogen-bond acceptors (Lipinski definition) is 5. The Balaban J connectivity index is 1.72. The number of carboxylic acid groups (broad SMARTS) is 1. The van der Waals surface area contributed by atoms with E-state index in [0.29, 0.717) is 25.2 Å². The van der Waals surface area contributed by atoms with Crippen LogP contribution in [0.4, 0.5) is 0 Å². The van der Waals surface area contributed by atoms with Gasteiger partial charge >= 0.3 is 5.97 Å². The van der Waals surface area contributed by atoms with Crippen LogP contribution in [0.25, 0.3) is 0 Å². The van der Waals surface area contributed by atoms with Gasteiger partial charge in [-0.3, -0.25) is 4.79 Å². The summed E-state index contributed by atoms with van der Waals surface area (Å²) in [5.41, 5.74) is -0.732. The summed E-state index contributed by atoms with van der Waals surface area (Å²) in [6.07, 6.45) is 8.13. The zero-order chi connectivity index (χ0) is 20.3. The van der Waals surface area contributed by atoms with Crippen molar-refractivity contribution in [2.24, 2.45) is 28.6 Å². The van der Waals surface area contributed by atoms with Gasteiger partial charge in [0.1, 0.15) is 0 Å². The number of ether oxygens (including phenoxy) is 1. The van der Waals surface area contributed by atoms with Gasteiger partial charge in [-0.25, -0.2) is 4.79 Å². The molecule has 4 aliphatic rings. The number of hydrogen-bond donors (Lipinski definition) is 2. The molecule has 156 valence electrons. The van der Waals surface area contributed by atoms with E-state index in [1.807, 2.05) is 19.3 Å². The average molecular weight is 409 g/mol. The van der Waals surface area contributed by atoms with Crippen LogP contribution >= 0.6 is 11.8 Å². The normalized spacial score (nSPS) is 47.7. The quantitative estimate of drug-likeness (QED) is 0.691. The number of aliphatic hydroxyl groups is 1. The van der Waals surface area contributed by atoms with E-state index in [9.17, 15) is 19.8 Å². The minimum absolute atomic E-state index is 0.101. The van der Waals surface area contributed by atoms with Crippen molar-refractivity contribution in [2.45, 2.75) is 70.5 Å². The summed E-state index contributed by atoms with van der Waals surface area (Å²) in [4.78, 5) is 24.4. The van der Waals surface area contributed by atoms with Crippen molar-refractivity contribution >= 4 is 23.5 Å². The Hall–Kier alpha value is -0.850. The van der Waals surface area contributed by atoms with Crippen molar-refractivity contribution in [1.82, 2.24) is 0 Å². The number of ketones is 1. The van der Waals surface area contributed by atoms with Gasteiger partial charge in [-0.1, -0.05) is 19.4 Å². The van der Waals surface area contributed by atoms with Crippen molar-refractivity contribution < 1.29 is 24.5 Å². The predicted octanol–water partition coefficient (Wildman–Crippen LogP) is 3.65. The van der Waals surface area contributed by atoms with Crippen LogP contribution in [-0.2, 0) is 14.3 Å². The number of aliphatic carboxylic acids is 1. The molecule has 0 heterocycles. The number of rotatable bonds is 4. The fourth-order valence-electron chi connectivity index (χ4n) is 7.48. The first-order chi connectivity index (χ1) is 13.2. The zero-order valence-corrected chi connectivity index (χ0v) is 17.9. The first kappa shape index (κ1) is 20.4. The van der Waals surface area contributed by atoms with Crippen molar-refractivity contribution in [2.75, 3.05) is 12.2 Å². The number of thioether (sulfide) groups is 1. The van der Waals surface area contributed by atoms with E-state index < -0.39 is 23.1 Å². The predicted molar refractivity (Wildman–Crippen MR) is 108 cm³/mol. The molecule has 4 aliphatic carbocycles. The van der Waals surface area contributed by atoms with Gasteiger partial charge in [0.2, 0.25) is 0 Å². The summed E-state index contributed by atoms with van der Waals surface area (Å²) < 4.78 is 6.04. The van der Waals surface area contributed by atoms with Crippen molar-refractivity contribution in [3.05, 3.63) is 11.6 Å². The highest BCUT2D eigenvalue weighted by Crippen LogP contribution is 2.68. The number of carbonyl (C=O) groups excluding carboxylic acids is 1. The lowest BCUT2D eigenvalue weighted by Gasteiger charge is -2.60. The number of carbonyl (C=O) groups is 2. The summed E-state index contributed by atoms with van der Waals surface area (Å²) in [6.45, 7) is 4.26. The van der Waals surface area contributed by atoms with Crippen molar-refractivity contribution in [3.8, 4) is 0 Å². The molecule has 0 aromatic heterocycles. The minimum atomic E-state index is -1.22. The summed E-state index contributed by atoms with van der Waals surface area (Å²) in [6, 6.07) is 0. The standard InChI is InChI=1S/C22H32O5S/c1-20-8-6-14(23)10-13(20)4-5-15-16-7-9-22(19(25)26,27-12-28-3)21(16,2)11-17(24)18(15)20/h10,15-18,24H,4-9,11-12H2,1-3H3,(H,25,26)/t15-,16-,17-,18+,20-,21-,22-/m0/s1. The number of aliphatic hydroxyl groups excluding tert-OH is 1. The molecule has 2 N–H and O–H groups in total. The summed E-state index contributed by atoms with van der Waals surface area (Å²) >= 11 is 1.49. The highest BCUT2D eigenvalue weighted by Gasteiger charge is 2.69. The first-order valence-corrected chi connectivity index (χ1v) is 11.9. The third-order valence-electron chi connectivity index (χ3n) is 8.79. The fraction of sp³-hybridized carbons (Fsp3) is 0.818. The van der Waals surface area contributed by atoms with E-state index in [2.05, 4.69) is 6.92 Å². The van der Waals surface area contributed by atoms with Crippen molar-refractivity contribution in [1.29, 1.82) is 0 Å². The Bertz CT molecular complexity index is 720. The maximum Gasteiger partial charge on any atom is 0.336 e. The van der Waals surface area contributed by atoms with Crippen LogP contribution in [0.1, 0.15) is 58.8 Å². The van der Waals surface area contributed by atoms with Gasteiger partial charge in [0.05, 0.1) is 12.0 Å². The van der Waals surface area contributed by atoms with Gasteiger partial charge in [-0.15, -0.1) is 11.8 Å². The van der Waals surface area contributed by atoms with Crippen molar-refractivity contribution in [3.63, 3.8) is 0 Å². The molecule has 0 spiro atoms. The van der Waals surface area contributed by atoms with Gasteiger partial charge in [-0.2, -0.15) is 0 Å². The molecule has 7 atom stereocenters. The van der Waals surface area contributed by atoms with E-state index in [1.165, 1.54) is 17.3 Å². The molecule has 0 radical (unpaired) electrons. The molecule has 0 unspecified atom stereocenters. The molecule has 0 aromatic rings. The zero-order valence-electron chi connectivity index (χ0n) is 17.1. The number of carboxylic acids is 1. The fourth-order valence-corrected chi connectivity index (χ4v) is 7.80. The van der Waals surface area contributed by atoms with Crippen LogP contribution in [0.2, 0.25) is 0 Å². The Labute approximate surface area is 171 Å². The molecule has 0 amide bonds. The van der Waals surface area contributed by atoms with Crippen LogP contribution < -0.4 is 0 Å². The molecular formula is C22H32O5S. The topological polar surface area (TPSA) is 83.8 Å². The molecule has 6 heteroatoms. The van der Waals surface area contributed by atoms with E-state index in [1.54, 1.807) is 0 Å². The van der Waals surface area contributed by atoms with Crippen LogP contribution in [0.15, 0.2) is 11.6 Å². The molecule has 0 saturated heterocycles. The van der Waals surface area contributed by atoms with E-state index in [0.717, 1.165) is 25.7 Å². The lowest BCUT2D eigenvalue weighted by Crippen LogP contribution is -2.62. The molecule has 3 saturated carbocycles. The molecule has 5 nitrogen and oxygen atoms in total. The second-order valence-electron chi connectivity index (χ2n) is 9.80. The molecule has 0 aromatic carbocycles. The third-order valence-corrected chi connectivity index (χ3v) is 9.14. The smallest absolute Gasteiger partial charge is 0.336 e. The largest absolute Gasteiger partial charge is 0.479 e. The minimum Gasteiger partial charge on any atom is -0.479 e.